The van der Waals surface area contributed by atoms with E-state index in [-0.39, 0.29) is 5.91 Å². The van der Waals surface area contributed by atoms with Gasteiger partial charge in [-0.25, -0.2) is 0 Å². The lowest BCUT2D eigenvalue weighted by Gasteiger charge is -2.31. The number of hydrogen-bond acceptors (Lipinski definition) is 5. The summed E-state index contributed by atoms with van der Waals surface area (Å²) >= 11 is 0. The molecule has 0 aromatic heterocycles. The molecule has 0 radical (unpaired) electrons. The van der Waals surface area contributed by atoms with Gasteiger partial charge < -0.3 is 14.5 Å². The first-order valence-corrected chi connectivity index (χ1v) is 6.78. The Balaban J connectivity index is 1.79. The van der Waals surface area contributed by atoms with E-state index in [1.165, 1.54) is 0 Å². The fraction of sp³-hybridized carbons (Fsp3) is 0.846. The summed E-state index contributed by atoms with van der Waals surface area (Å²) in [6.45, 7) is 8.72. The van der Waals surface area contributed by atoms with E-state index in [1.807, 2.05) is 14.0 Å². The molecule has 6 heteroatoms. The van der Waals surface area contributed by atoms with Gasteiger partial charge in [-0.05, 0) is 13.8 Å². The van der Waals surface area contributed by atoms with Gasteiger partial charge in [-0.1, -0.05) is 5.16 Å². The third kappa shape index (κ3) is 3.45. The highest BCUT2D eigenvalue weighted by Crippen LogP contribution is 2.25. The molecule has 2 heterocycles. The summed E-state index contributed by atoms with van der Waals surface area (Å²) in [4.78, 5) is 21.7. The van der Waals surface area contributed by atoms with Crippen molar-refractivity contribution in [3.63, 3.8) is 0 Å². The van der Waals surface area contributed by atoms with Crippen LogP contribution in [0.1, 0.15) is 20.3 Å². The average Bonchev–Trinajstić information content (AvgIpc) is 2.77. The van der Waals surface area contributed by atoms with Crippen molar-refractivity contribution in [1.29, 1.82) is 0 Å². The van der Waals surface area contributed by atoms with Gasteiger partial charge in [0.25, 0.3) is 5.91 Å². The summed E-state index contributed by atoms with van der Waals surface area (Å²) in [6.07, 6.45) is 0.577. The molecule has 2 aliphatic heterocycles. The van der Waals surface area contributed by atoms with Crippen LogP contribution < -0.4 is 0 Å². The molecule has 1 fully saturated rings. The fourth-order valence-corrected chi connectivity index (χ4v) is 2.47. The van der Waals surface area contributed by atoms with Crippen LogP contribution in [0.4, 0.5) is 0 Å². The summed E-state index contributed by atoms with van der Waals surface area (Å²) in [5.74, 6) is 0.00126. The summed E-state index contributed by atoms with van der Waals surface area (Å²) in [5.41, 5.74) is 0.0570. The standard InChI is InChI=1S/C13H23N3O3/c1-11-10-13(2,19-14-11)12(17)15(3)4-5-16-6-8-18-9-7-16/h4-10H2,1-3H3. The van der Waals surface area contributed by atoms with Crippen LogP contribution in [0, 0.1) is 0 Å². The smallest absolute Gasteiger partial charge is 0.269 e. The van der Waals surface area contributed by atoms with Gasteiger partial charge in [0, 0.05) is 39.6 Å². The van der Waals surface area contributed by atoms with Gasteiger partial charge in [-0.3, -0.25) is 9.69 Å². The maximum atomic E-state index is 12.4. The van der Waals surface area contributed by atoms with E-state index in [9.17, 15) is 4.79 Å². The van der Waals surface area contributed by atoms with Crippen molar-refractivity contribution >= 4 is 11.6 Å². The Morgan fingerprint density at radius 1 is 1.47 bits per heavy atom. The molecule has 6 nitrogen and oxygen atoms in total. The van der Waals surface area contributed by atoms with Crippen LogP contribution in [0.5, 0.6) is 0 Å². The third-order valence-electron chi connectivity index (χ3n) is 3.65. The quantitative estimate of drug-likeness (QED) is 0.738. The Morgan fingerprint density at radius 2 is 2.16 bits per heavy atom. The summed E-state index contributed by atoms with van der Waals surface area (Å²) in [5, 5.41) is 3.88. The third-order valence-corrected chi connectivity index (χ3v) is 3.65. The molecule has 0 aliphatic carbocycles. The summed E-state index contributed by atoms with van der Waals surface area (Å²) in [7, 11) is 1.82. The van der Waals surface area contributed by atoms with Crippen molar-refractivity contribution in [3.8, 4) is 0 Å². The molecule has 2 aliphatic rings. The number of hydrogen-bond donors (Lipinski definition) is 0. The number of oxime groups is 1. The Kier molecular flexibility index (Phi) is 4.42. The van der Waals surface area contributed by atoms with Gasteiger partial charge in [0.2, 0.25) is 5.60 Å². The maximum absolute atomic E-state index is 12.4. The van der Waals surface area contributed by atoms with Crippen molar-refractivity contribution in [2.24, 2.45) is 5.16 Å². The molecule has 0 aromatic carbocycles. The lowest BCUT2D eigenvalue weighted by molar-refractivity contribution is -0.152. The molecule has 1 atom stereocenters. The predicted molar refractivity (Wildman–Crippen MR) is 72.1 cm³/mol. The maximum Gasteiger partial charge on any atom is 0.269 e. The number of nitrogens with zero attached hydrogens (tertiary/aromatic N) is 3. The first-order valence-electron chi connectivity index (χ1n) is 6.78. The molecule has 0 spiro atoms. The molecule has 108 valence electrons. The highest BCUT2D eigenvalue weighted by molar-refractivity contribution is 5.94. The minimum Gasteiger partial charge on any atom is -0.379 e. The van der Waals surface area contributed by atoms with Crippen LogP contribution in [0.2, 0.25) is 0 Å². The SMILES string of the molecule is CC1=NOC(C)(C(=O)N(C)CCN2CCOCC2)C1. The second kappa shape index (κ2) is 5.88. The number of ether oxygens (including phenoxy) is 1. The van der Waals surface area contributed by atoms with E-state index in [4.69, 9.17) is 9.57 Å². The van der Waals surface area contributed by atoms with Crippen molar-refractivity contribution in [3.05, 3.63) is 0 Å². The molecule has 1 unspecified atom stereocenters. The van der Waals surface area contributed by atoms with Crippen molar-refractivity contribution in [2.45, 2.75) is 25.9 Å². The minimum atomic E-state index is -0.816. The van der Waals surface area contributed by atoms with Crippen molar-refractivity contribution in [2.75, 3.05) is 46.4 Å². The Bertz CT molecular complexity index is 366. The lowest BCUT2D eigenvalue weighted by atomic mass is 9.99. The van der Waals surface area contributed by atoms with E-state index in [2.05, 4.69) is 10.1 Å². The van der Waals surface area contributed by atoms with E-state index in [0.29, 0.717) is 13.0 Å². The van der Waals surface area contributed by atoms with Crippen LogP contribution in [-0.2, 0) is 14.4 Å². The molecule has 0 bridgehead atoms. The zero-order valence-electron chi connectivity index (χ0n) is 12.0. The Hall–Kier alpha value is -1.14. The van der Waals surface area contributed by atoms with Crippen molar-refractivity contribution in [1.82, 2.24) is 9.80 Å². The molecule has 19 heavy (non-hydrogen) atoms. The van der Waals surface area contributed by atoms with Crippen LogP contribution >= 0.6 is 0 Å². The molecule has 1 amide bonds. The number of rotatable bonds is 4. The van der Waals surface area contributed by atoms with E-state index >= 15 is 0 Å². The van der Waals surface area contributed by atoms with Crippen LogP contribution in [0.25, 0.3) is 0 Å². The van der Waals surface area contributed by atoms with Crippen LogP contribution in [0.3, 0.4) is 0 Å². The van der Waals surface area contributed by atoms with Crippen molar-refractivity contribution < 1.29 is 14.4 Å². The highest BCUT2D eigenvalue weighted by atomic mass is 16.7. The monoisotopic (exact) mass is 269 g/mol. The predicted octanol–water partition coefficient (Wildman–Crippen LogP) is 0.332. The molecule has 0 saturated carbocycles. The zero-order chi connectivity index (χ0) is 13.9. The number of carbonyl (C=O) groups excluding carboxylic acids is 1. The molecule has 0 N–H and O–H groups in total. The molecule has 1 saturated heterocycles. The second-order valence-corrected chi connectivity index (χ2v) is 5.51. The zero-order valence-corrected chi connectivity index (χ0v) is 12.0. The van der Waals surface area contributed by atoms with Gasteiger partial charge >= 0.3 is 0 Å². The molecular formula is C13H23N3O3. The topological polar surface area (TPSA) is 54.4 Å². The second-order valence-electron chi connectivity index (χ2n) is 5.51. The summed E-state index contributed by atoms with van der Waals surface area (Å²) < 4.78 is 5.31. The number of carbonyl (C=O) groups is 1. The first kappa shape index (κ1) is 14.3. The van der Waals surface area contributed by atoms with E-state index < -0.39 is 5.60 Å². The number of morpholine rings is 1. The average molecular weight is 269 g/mol. The van der Waals surface area contributed by atoms with Crippen LogP contribution in [-0.4, -0.2) is 73.5 Å². The molecular weight excluding hydrogens is 246 g/mol. The van der Waals surface area contributed by atoms with E-state index in [1.54, 1.807) is 11.8 Å². The first-order chi connectivity index (χ1) is 9.01. The molecule has 0 aromatic rings. The Morgan fingerprint density at radius 3 is 2.74 bits per heavy atom. The minimum absolute atomic E-state index is 0.00126. The van der Waals surface area contributed by atoms with Gasteiger partial charge in [0.1, 0.15) is 0 Å². The van der Waals surface area contributed by atoms with Gasteiger partial charge in [0.15, 0.2) is 0 Å². The highest BCUT2D eigenvalue weighted by Gasteiger charge is 2.42. The Labute approximate surface area is 114 Å². The van der Waals surface area contributed by atoms with Crippen LogP contribution in [0.15, 0.2) is 5.16 Å². The van der Waals surface area contributed by atoms with E-state index in [0.717, 1.165) is 38.6 Å². The lowest BCUT2D eigenvalue weighted by Crippen LogP contribution is -2.48. The normalized spacial score (nSPS) is 27.8. The fourth-order valence-electron chi connectivity index (χ4n) is 2.47. The van der Waals surface area contributed by atoms with Gasteiger partial charge in [-0.2, -0.15) is 0 Å². The number of likely N-dealkylation sites (N-methyl/N-ethyl adjacent to an activating group) is 1. The summed E-state index contributed by atoms with van der Waals surface area (Å²) in [6, 6.07) is 0. The van der Waals surface area contributed by atoms with Gasteiger partial charge in [0.05, 0.1) is 18.9 Å². The largest absolute Gasteiger partial charge is 0.379 e. The van der Waals surface area contributed by atoms with Gasteiger partial charge in [-0.15, -0.1) is 0 Å². The number of amides is 1. The molecule has 2 rings (SSSR count).